The first kappa shape index (κ1) is 18.5. The van der Waals surface area contributed by atoms with Gasteiger partial charge in [0.1, 0.15) is 5.82 Å². The molecular formula is C19H23FNO2Si. The largest absolute Gasteiger partial charge is 0.410 e. The lowest BCUT2D eigenvalue weighted by molar-refractivity contribution is 0.0860. The van der Waals surface area contributed by atoms with Gasteiger partial charge in [0.15, 0.2) is 5.78 Å². The van der Waals surface area contributed by atoms with Gasteiger partial charge < -0.3 is 4.43 Å². The molecule has 0 aliphatic rings. The second kappa shape index (κ2) is 7.36. The maximum atomic E-state index is 13.0. The van der Waals surface area contributed by atoms with Gasteiger partial charge in [-0.05, 0) is 54.4 Å². The molecule has 1 atom stereocenters. The molecule has 2 rings (SSSR count). The van der Waals surface area contributed by atoms with Crippen LogP contribution in [0.1, 0.15) is 48.4 Å². The van der Waals surface area contributed by atoms with Gasteiger partial charge in [-0.15, -0.1) is 0 Å². The monoisotopic (exact) mass is 344 g/mol. The number of carbonyl (C=O) groups is 1. The highest BCUT2D eigenvalue weighted by atomic mass is 28.3. The van der Waals surface area contributed by atoms with Crippen LogP contribution in [0.3, 0.4) is 0 Å². The van der Waals surface area contributed by atoms with Crippen molar-refractivity contribution < 1.29 is 13.6 Å². The van der Waals surface area contributed by atoms with Crippen LogP contribution in [0.5, 0.6) is 0 Å². The van der Waals surface area contributed by atoms with Crippen molar-refractivity contribution in [2.24, 2.45) is 5.41 Å². The van der Waals surface area contributed by atoms with Crippen molar-refractivity contribution in [3.63, 3.8) is 0 Å². The van der Waals surface area contributed by atoms with E-state index in [2.05, 4.69) is 38.8 Å². The number of rotatable bonds is 5. The van der Waals surface area contributed by atoms with Gasteiger partial charge in [-0.25, -0.2) is 4.39 Å². The minimum atomic E-state index is -0.906. The number of benzene rings is 1. The third kappa shape index (κ3) is 4.58. The van der Waals surface area contributed by atoms with Crippen LogP contribution in [0.15, 0.2) is 42.7 Å². The van der Waals surface area contributed by atoms with Gasteiger partial charge in [0, 0.05) is 23.5 Å². The summed E-state index contributed by atoms with van der Waals surface area (Å²) in [5, 5.41) is 0. The van der Waals surface area contributed by atoms with Crippen LogP contribution in [0.2, 0.25) is 13.1 Å². The van der Waals surface area contributed by atoms with Crippen LogP contribution in [-0.2, 0) is 4.43 Å². The fraction of sp³-hybridized carbons (Fsp3) is 0.368. The lowest BCUT2D eigenvalue weighted by Gasteiger charge is -2.32. The Kier molecular flexibility index (Phi) is 5.67. The summed E-state index contributed by atoms with van der Waals surface area (Å²) in [5.74, 6) is -0.532. The van der Waals surface area contributed by atoms with Crippen LogP contribution in [0.4, 0.5) is 4.39 Å². The molecule has 1 aromatic carbocycles. The third-order valence-corrected chi connectivity index (χ3v) is 4.28. The van der Waals surface area contributed by atoms with E-state index in [4.69, 9.17) is 4.43 Å². The molecule has 3 nitrogen and oxygen atoms in total. The number of nitrogens with zero attached hydrogens (tertiary/aromatic N) is 1. The summed E-state index contributed by atoms with van der Waals surface area (Å²) in [7, 11) is -0.906. The predicted molar refractivity (Wildman–Crippen MR) is 94.8 cm³/mol. The van der Waals surface area contributed by atoms with Crippen LogP contribution >= 0.6 is 0 Å². The van der Waals surface area contributed by atoms with Crippen molar-refractivity contribution >= 4 is 14.8 Å². The van der Waals surface area contributed by atoms with Crippen molar-refractivity contribution in [1.82, 2.24) is 4.98 Å². The van der Waals surface area contributed by atoms with E-state index in [0.29, 0.717) is 11.1 Å². The van der Waals surface area contributed by atoms with Crippen LogP contribution in [0.25, 0.3) is 0 Å². The van der Waals surface area contributed by atoms with Gasteiger partial charge in [0.2, 0.25) is 9.04 Å². The molecule has 0 aliphatic heterocycles. The first-order valence-corrected chi connectivity index (χ1v) is 10.3. The summed E-state index contributed by atoms with van der Waals surface area (Å²) in [6.07, 6.45) is 3.16. The molecule has 0 fully saturated rings. The fourth-order valence-electron chi connectivity index (χ4n) is 2.47. The third-order valence-electron chi connectivity index (χ3n) is 3.57. The Morgan fingerprint density at radius 3 is 2.29 bits per heavy atom. The highest BCUT2D eigenvalue weighted by Crippen LogP contribution is 2.36. The number of ketones is 1. The molecule has 127 valence electrons. The molecule has 5 heteroatoms. The van der Waals surface area contributed by atoms with E-state index in [9.17, 15) is 9.18 Å². The first-order valence-electron chi connectivity index (χ1n) is 7.90. The van der Waals surface area contributed by atoms with Crippen molar-refractivity contribution in [1.29, 1.82) is 0 Å². The molecule has 0 aliphatic carbocycles. The summed E-state index contributed by atoms with van der Waals surface area (Å²) in [6.45, 7) is 10.5. The molecule has 1 aromatic heterocycles. The average molecular weight is 344 g/mol. The van der Waals surface area contributed by atoms with Crippen LogP contribution in [0, 0.1) is 11.2 Å². The molecular weight excluding hydrogens is 321 g/mol. The topological polar surface area (TPSA) is 39.2 Å². The van der Waals surface area contributed by atoms with Crippen molar-refractivity contribution in [2.45, 2.75) is 40.0 Å². The van der Waals surface area contributed by atoms with E-state index in [-0.39, 0.29) is 23.1 Å². The van der Waals surface area contributed by atoms with Gasteiger partial charge in [0.05, 0.1) is 6.10 Å². The maximum absolute atomic E-state index is 13.0. The number of pyridine rings is 1. The van der Waals surface area contributed by atoms with E-state index in [1.54, 1.807) is 12.4 Å². The van der Waals surface area contributed by atoms with E-state index >= 15 is 0 Å². The van der Waals surface area contributed by atoms with Crippen molar-refractivity contribution in [3.05, 3.63) is 65.2 Å². The molecule has 0 saturated carbocycles. The van der Waals surface area contributed by atoms with E-state index < -0.39 is 9.04 Å². The van der Waals surface area contributed by atoms with Gasteiger partial charge in [-0.3, -0.25) is 9.78 Å². The molecule has 1 heterocycles. The molecule has 24 heavy (non-hydrogen) atoms. The Hall–Kier alpha value is -1.85. The van der Waals surface area contributed by atoms with Gasteiger partial charge in [-0.1, -0.05) is 20.8 Å². The summed E-state index contributed by atoms with van der Waals surface area (Å²) in [6, 6.07) is 7.38. The Morgan fingerprint density at radius 2 is 1.75 bits per heavy atom. The van der Waals surface area contributed by atoms with Crippen molar-refractivity contribution in [3.8, 4) is 0 Å². The molecule has 1 radical (unpaired) electrons. The maximum Gasteiger partial charge on any atom is 0.205 e. The normalized spacial score (nSPS) is 13.1. The summed E-state index contributed by atoms with van der Waals surface area (Å²) in [5.41, 5.74) is 1.71. The molecule has 1 unspecified atom stereocenters. The zero-order valence-corrected chi connectivity index (χ0v) is 15.8. The second-order valence-electron chi connectivity index (χ2n) is 7.12. The Morgan fingerprint density at radius 1 is 1.12 bits per heavy atom. The van der Waals surface area contributed by atoms with Gasteiger partial charge in [0.25, 0.3) is 0 Å². The highest BCUT2D eigenvalue weighted by molar-refractivity contribution is 6.48. The lowest BCUT2D eigenvalue weighted by atomic mass is 9.85. The van der Waals surface area contributed by atoms with Crippen LogP contribution in [-0.4, -0.2) is 19.8 Å². The van der Waals surface area contributed by atoms with E-state index in [0.717, 1.165) is 5.56 Å². The molecule has 0 bridgehead atoms. The average Bonchev–Trinajstić information content (AvgIpc) is 2.51. The minimum absolute atomic E-state index is 0.110. The number of aromatic nitrogens is 1. The molecule has 0 saturated heterocycles. The summed E-state index contributed by atoms with van der Waals surface area (Å²) in [4.78, 5) is 16.8. The quantitative estimate of drug-likeness (QED) is 0.577. The molecule has 0 amide bonds. The van der Waals surface area contributed by atoms with Crippen LogP contribution < -0.4 is 0 Å². The smallest absolute Gasteiger partial charge is 0.205 e. The summed E-state index contributed by atoms with van der Waals surface area (Å²) >= 11 is 0. The Labute approximate surface area is 144 Å². The second-order valence-corrected chi connectivity index (χ2v) is 9.17. The zero-order valence-electron chi connectivity index (χ0n) is 14.8. The first-order chi connectivity index (χ1) is 11.2. The number of halogens is 1. The lowest BCUT2D eigenvalue weighted by Crippen LogP contribution is -2.26. The summed E-state index contributed by atoms with van der Waals surface area (Å²) < 4.78 is 19.2. The molecule has 0 spiro atoms. The standard InChI is InChI=1S/C19H23FNO2Si/c1-19(2,3)18(23-24(4)5)15-10-14(11-21-12-15)17(22)13-6-8-16(20)9-7-13/h6-12,18H,1-5H3. The molecule has 2 aromatic rings. The van der Waals surface area contributed by atoms with E-state index in [1.807, 2.05) is 6.07 Å². The van der Waals surface area contributed by atoms with E-state index in [1.165, 1.54) is 24.3 Å². The Bertz CT molecular complexity index is 708. The van der Waals surface area contributed by atoms with Crippen molar-refractivity contribution in [2.75, 3.05) is 0 Å². The SMILES string of the molecule is C[Si](C)OC(c1cncc(C(=O)c2ccc(F)cc2)c1)C(C)(C)C. The number of hydrogen-bond acceptors (Lipinski definition) is 3. The zero-order chi connectivity index (χ0) is 17.9. The number of hydrogen-bond donors (Lipinski definition) is 0. The Balaban J connectivity index is 2.36. The number of carbonyl (C=O) groups excluding carboxylic acids is 1. The predicted octanol–water partition coefficient (Wildman–Crippen LogP) is 4.81. The molecule has 0 N–H and O–H groups in total. The van der Waals surface area contributed by atoms with Gasteiger partial charge >= 0.3 is 0 Å². The fourth-order valence-corrected chi connectivity index (χ4v) is 3.43. The minimum Gasteiger partial charge on any atom is -0.410 e. The highest BCUT2D eigenvalue weighted by Gasteiger charge is 2.29. The van der Waals surface area contributed by atoms with Gasteiger partial charge in [-0.2, -0.15) is 0 Å².